The summed E-state index contributed by atoms with van der Waals surface area (Å²) in [6.45, 7) is 5.02. The fraction of sp³-hybridized carbons (Fsp3) is 0.647. The van der Waals surface area contributed by atoms with Crippen molar-refractivity contribution in [1.29, 1.82) is 0 Å². The van der Waals surface area contributed by atoms with Crippen LogP contribution >= 0.6 is 0 Å². The molecule has 0 bridgehead atoms. The first-order valence-corrected chi connectivity index (χ1v) is 7.68. The largest absolute Gasteiger partial charge is 0.493 e. The van der Waals surface area contributed by atoms with Crippen LogP contribution in [-0.4, -0.2) is 19.8 Å². The molecule has 0 aromatic heterocycles. The topological polar surface area (TPSA) is 18.5 Å². The second-order valence-corrected chi connectivity index (χ2v) is 5.46. The van der Waals surface area contributed by atoms with Crippen LogP contribution in [0.5, 0.6) is 5.75 Å². The highest BCUT2D eigenvalue weighted by Crippen LogP contribution is 2.21. The molecule has 1 aromatic rings. The summed E-state index contributed by atoms with van der Waals surface area (Å²) >= 11 is 0. The van der Waals surface area contributed by atoms with Gasteiger partial charge < -0.3 is 9.47 Å². The molecule has 0 radical (unpaired) electrons. The Morgan fingerprint density at radius 2 is 2.00 bits per heavy atom. The van der Waals surface area contributed by atoms with Crippen molar-refractivity contribution in [3.05, 3.63) is 29.8 Å². The van der Waals surface area contributed by atoms with Gasteiger partial charge in [-0.25, -0.2) is 0 Å². The highest BCUT2D eigenvalue weighted by Gasteiger charge is 2.17. The smallest absolute Gasteiger partial charge is 0.122 e. The molecule has 0 saturated carbocycles. The van der Waals surface area contributed by atoms with Crippen molar-refractivity contribution in [3.63, 3.8) is 0 Å². The lowest BCUT2D eigenvalue weighted by atomic mass is 10.0. The molecule has 1 aromatic carbocycles. The normalized spacial score (nSPS) is 15.2. The van der Waals surface area contributed by atoms with Crippen LogP contribution in [0.4, 0.5) is 0 Å². The molecule has 2 nitrogen and oxygen atoms in total. The highest BCUT2D eigenvalue weighted by molar-refractivity contribution is 5.33. The van der Waals surface area contributed by atoms with E-state index in [4.69, 9.17) is 9.47 Å². The Bertz CT molecular complexity index is 358. The van der Waals surface area contributed by atoms with Gasteiger partial charge in [0.15, 0.2) is 0 Å². The van der Waals surface area contributed by atoms with E-state index in [1.165, 1.54) is 31.2 Å². The van der Waals surface area contributed by atoms with E-state index in [0.717, 1.165) is 44.3 Å². The van der Waals surface area contributed by atoms with Gasteiger partial charge in [0.05, 0.1) is 19.8 Å². The first kappa shape index (κ1) is 14.4. The molecule has 0 unspecified atom stereocenters. The van der Waals surface area contributed by atoms with Crippen molar-refractivity contribution in [3.8, 4) is 5.75 Å². The minimum Gasteiger partial charge on any atom is -0.493 e. The number of unbranched alkanes of at least 4 members (excludes halogenated alkanes) is 2. The van der Waals surface area contributed by atoms with Crippen LogP contribution in [-0.2, 0) is 11.2 Å². The van der Waals surface area contributed by atoms with Gasteiger partial charge in [-0.15, -0.1) is 0 Å². The number of hydrogen-bond donors (Lipinski definition) is 0. The van der Waals surface area contributed by atoms with Gasteiger partial charge in [0.25, 0.3) is 0 Å². The van der Waals surface area contributed by atoms with Crippen LogP contribution in [0.3, 0.4) is 0 Å². The highest BCUT2D eigenvalue weighted by atomic mass is 16.5. The Morgan fingerprint density at radius 1 is 1.16 bits per heavy atom. The zero-order valence-corrected chi connectivity index (χ0v) is 12.1. The fourth-order valence-electron chi connectivity index (χ4n) is 2.39. The molecule has 0 amide bonds. The van der Waals surface area contributed by atoms with E-state index < -0.39 is 0 Å². The first-order chi connectivity index (χ1) is 9.40. The second kappa shape index (κ2) is 8.21. The van der Waals surface area contributed by atoms with E-state index in [0.29, 0.717) is 0 Å². The summed E-state index contributed by atoms with van der Waals surface area (Å²) in [5.74, 6) is 1.90. The van der Waals surface area contributed by atoms with Crippen LogP contribution in [0.25, 0.3) is 0 Å². The van der Waals surface area contributed by atoms with Crippen LogP contribution < -0.4 is 4.74 Å². The van der Waals surface area contributed by atoms with Crippen LogP contribution in [0.2, 0.25) is 0 Å². The van der Waals surface area contributed by atoms with Crippen LogP contribution in [0.15, 0.2) is 24.3 Å². The standard InChI is InChI=1S/C17H26O2/c1-2-3-9-16-10-4-5-11-17(16)19-12-7-6-8-15-13-18-14-15/h4-5,10-11,15H,2-3,6-9,12-14H2,1H3. The van der Waals surface area contributed by atoms with Gasteiger partial charge in [-0.1, -0.05) is 31.5 Å². The van der Waals surface area contributed by atoms with E-state index in [1.807, 2.05) is 0 Å². The molecule has 0 atom stereocenters. The molecule has 19 heavy (non-hydrogen) atoms. The minimum absolute atomic E-state index is 0.817. The van der Waals surface area contributed by atoms with Crippen molar-refractivity contribution in [2.24, 2.45) is 5.92 Å². The van der Waals surface area contributed by atoms with Crippen molar-refractivity contribution < 1.29 is 9.47 Å². The van der Waals surface area contributed by atoms with E-state index in [1.54, 1.807) is 0 Å². The Hall–Kier alpha value is -1.02. The van der Waals surface area contributed by atoms with Crippen molar-refractivity contribution >= 4 is 0 Å². The lowest BCUT2D eigenvalue weighted by molar-refractivity contribution is -0.0366. The third-order valence-electron chi connectivity index (χ3n) is 3.74. The number of para-hydroxylation sites is 1. The molecule has 1 aliphatic heterocycles. The predicted octanol–water partition coefficient (Wildman–Crippen LogP) is 4.22. The number of benzene rings is 1. The maximum Gasteiger partial charge on any atom is 0.122 e. The molecule has 0 aliphatic carbocycles. The maximum atomic E-state index is 5.94. The molecule has 1 aliphatic rings. The van der Waals surface area contributed by atoms with E-state index in [-0.39, 0.29) is 0 Å². The van der Waals surface area contributed by atoms with Gasteiger partial charge in [-0.05, 0) is 43.7 Å². The lowest BCUT2D eigenvalue weighted by Crippen LogP contribution is -2.27. The third-order valence-corrected chi connectivity index (χ3v) is 3.74. The zero-order chi connectivity index (χ0) is 13.3. The Labute approximate surface area is 117 Å². The van der Waals surface area contributed by atoms with Crippen molar-refractivity contribution in [2.45, 2.75) is 45.4 Å². The molecule has 1 fully saturated rings. The Balaban J connectivity index is 1.66. The van der Waals surface area contributed by atoms with E-state index in [2.05, 4.69) is 31.2 Å². The van der Waals surface area contributed by atoms with E-state index in [9.17, 15) is 0 Å². The lowest BCUT2D eigenvalue weighted by Gasteiger charge is -2.25. The van der Waals surface area contributed by atoms with Gasteiger partial charge in [0.2, 0.25) is 0 Å². The molecular formula is C17H26O2. The zero-order valence-electron chi connectivity index (χ0n) is 12.1. The van der Waals surface area contributed by atoms with E-state index >= 15 is 0 Å². The summed E-state index contributed by atoms with van der Waals surface area (Å²) in [6, 6.07) is 8.46. The van der Waals surface area contributed by atoms with Gasteiger partial charge in [-0.2, -0.15) is 0 Å². The van der Waals surface area contributed by atoms with Crippen molar-refractivity contribution in [2.75, 3.05) is 19.8 Å². The second-order valence-electron chi connectivity index (χ2n) is 5.46. The third kappa shape index (κ3) is 4.87. The fourth-order valence-corrected chi connectivity index (χ4v) is 2.39. The number of aryl methyl sites for hydroxylation is 1. The first-order valence-electron chi connectivity index (χ1n) is 7.68. The van der Waals surface area contributed by atoms with Gasteiger partial charge in [0, 0.05) is 5.92 Å². The molecule has 1 saturated heterocycles. The molecule has 0 N–H and O–H groups in total. The average Bonchev–Trinajstić information content (AvgIpc) is 2.39. The van der Waals surface area contributed by atoms with Crippen molar-refractivity contribution in [1.82, 2.24) is 0 Å². The summed E-state index contributed by atoms with van der Waals surface area (Å²) < 4.78 is 11.1. The number of rotatable bonds is 9. The summed E-state index contributed by atoms with van der Waals surface area (Å²) in [5, 5.41) is 0. The molecular weight excluding hydrogens is 236 g/mol. The summed E-state index contributed by atoms with van der Waals surface area (Å²) in [6.07, 6.45) is 7.30. The van der Waals surface area contributed by atoms with Gasteiger partial charge >= 0.3 is 0 Å². The number of hydrogen-bond acceptors (Lipinski definition) is 2. The number of ether oxygens (including phenoxy) is 2. The molecule has 0 spiro atoms. The summed E-state index contributed by atoms with van der Waals surface area (Å²) in [5.41, 5.74) is 1.36. The van der Waals surface area contributed by atoms with Gasteiger partial charge in [0.1, 0.15) is 5.75 Å². The van der Waals surface area contributed by atoms with Gasteiger partial charge in [-0.3, -0.25) is 0 Å². The van der Waals surface area contributed by atoms with Crippen LogP contribution in [0, 0.1) is 5.92 Å². The van der Waals surface area contributed by atoms with Crippen LogP contribution in [0.1, 0.15) is 44.6 Å². The predicted molar refractivity (Wildman–Crippen MR) is 78.7 cm³/mol. The maximum absolute atomic E-state index is 5.94. The summed E-state index contributed by atoms with van der Waals surface area (Å²) in [4.78, 5) is 0. The Morgan fingerprint density at radius 3 is 2.74 bits per heavy atom. The molecule has 106 valence electrons. The molecule has 2 heteroatoms. The quantitative estimate of drug-likeness (QED) is 0.620. The monoisotopic (exact) mass is 262 g/mol. The molecule has 2 rings (SSSR count). The summed E-state index contributed by atoms with van der Waals surface area (Å²) in [7, 11) is 0. The SMILES string of the molecule is CCCCc1ccccc1OCCCCC1COC1. The average molecular weight is 262 g/mol. The Kier molecular flexibility index (Phi) is 6.22. The minimum atomic E-state index is 0.817. The molecule has 1 heterocycles.